The lowest BCUT2D eigenvalue weighted by Gasteiger charge is -2.09. The van der Waals surface area contributed by atoms with Gasteiger partial charge in [-0.05, 0) is 46.5 Å². The second-order valence-corrected chi connectivity index (χ2v) is 4.41. The number of benzene rings is 3. The Bertz CT molecular complexity index is 678. The normalized spacial score (nSPS) is 11.1. The molecule has 3 aromatic rings. The van der Waals surface area contributed by atoms with Crippen LogP contribution in [0.5, 0.6) is 0 Å². The fraction of sp³-hybridized carbons (Fsp3) is 0.125. The van der Waals surface area contributed by atoms with Gasteiger partial charge in [0.05, 0.1) is 0 Å². The second-order valence-electron chi connectivity index (χ2n) is 4.41. The third-order valence-corrected chi connectivity index (χ3v) is 3.29. The van der Waals surface area contributed by atoms with Gasteiger partial charge in [-0.15, -0.1) is 0 Å². The maximum atomic E-state index is 2.28. The summed E-state index contributed by atoms with van der Waals surface area (Å²) in [6.45, 7) is 4.38. The number of rotatable bonds is 0. The molecule has 0 saturated heterocycles. The summed E-state index contributed by atoms with van der Waals surface area (Å²) in [6, 6.07) is 17.4. The van der Waals surface area contributed by atoms with Crippen LogP contribution in [0.4, 0.5) is 0 Å². The molecule has 0 aromatic heterocycles. The van der Waals surface area contributed by atoms with Crippen molar-refractivity contribution in [3.05, 3.63) is 59.7 Å². The molecule has 0 bridgehead atoms. The monoisotopic (exact) mass is 206 g/mol. The van der Waals surface area contributed by atoms with Gasteiger partial charge in [-0.25, -0.2) is 0 Å². The molecule has 0 amide bonds. The Labute approximate surface area is 95.5 Å². The van der Waals surface area contributed by atoms with Gasteiger partial charge in [-0.1, -0.05) is 48.5 Å². The number of aryl methyl sites for hydroxylation is 2. The van der Waals surface area contributed by atoms with E-state index < -0.39 is 0 Å². The first-order valence-corrected chi connectivity index (χ1v) is 5.65. The summed E-state index contributed by atoms with van der Waals surface area (Å²) in [5.74, 6) is 0. The van der Waals surface area contributed by atoms with Crippen molar-refractivity contribution < 1.29 is 0 Å². The molecular weight excluding hydrogens is 192 g/mol. The molecule has 78 valence electrons. The molecule has 0 nitrogen and oxygen atoms in total. The standard InChI is InChI=1S/C16H14/c1-11-6-5-9-15-14-8-4-3-7-13(14)10-12(2)16(11)15/h3-10H,1-2H3. The zero-order valence-corrected chi connectivity index (χ0v) is 9.62. The highest BCUT2D eigenvalue weighted by atomic mass is 14.1. The molecule has 0 heterocycles. The summed E-state index contributed by atoms with van der Waals surface area (Å²) in [4.78, 5) is 0. The van der Waals surface area contributed by atoms with Crippen LogP contribution in [-0.2, 0) is 0 Å². The van der Waals surface area contributed by atoms with Crippen molar-refractivity contribution in [3.63, 3.8) is 0 Å². The maximum absolute atomic E-state index is 2.28. The van der Waals surface area contributed by atoms with Crippen LogP contribution in [0.15, 0.2) is 48.5 Å². The van der Waals surface area contributed by atoms with Gasteiger partial charge in [0, 0.05) is 0 Å². The molecule has 0 aliphatic heterocycles. The van der Waals surface area contributed by atoms with Crippen LogP contribution >= 0.6 is 0 Å². The molecule has 0 fully saturated rings. The summed E-state index contributed by atoms with van der Waals surface area (Å²) in [7, 11) is 0. The fourth-order valence-corrected chi connectivity index (χ4v) is 2.59. The highest BCUT2D eigenvalue weighted by Crippen LogP contribution is 2.30. The highest BCUT2D eigenvalue weighted by Gasteiger charge is 2.04. The van der Waals surface area contributed by atoms with E-state index in [0.29, 0.717) is 0 Å². The van der Waals surface area contributed by atoms with Gasteiger partial charge in [0.15, 0.2) is 0 Å². The molecule has 16 heavy (non-hydrogen) atoms. The molecule has 0 N–H and O–H groups in total. The van der Waals surface area contributed by atoms with E-state index in [9.17, 15) is 0 Å². The van der Waals surface area contributed by atoms with Crippen molar-refractivity contribution in [2.75, 3.05) is 0 Å². The quantitative estimate of drug-likeness (QED) is 0.471. The van der Waals surface area contributed by atoms with Crippen molar-refractivity contribution in [2.24, 2.45) is 0 Å². The maximum Gasteiger partial charge on any atom is -0.0100 e. The van der Waals surface area contributed by atoms with Crippen LogP contribution in [0.25, 0.3) is 21.5 Å². The first-order chi connectivity index (χ1) is 7.77. The minimum atomic E-state index is 1.33. The molecule has 0 saturated carbocycles. The van der Waals surface area contributed by atoms with Crippen LogP contribution in [0.3, 0.4) is 0 Å². The molecule has 3 rings (SSSR count). The van der Waals surface area contributed by atoms with Crippen molar-refractivity contribution in [2.45, 2.75) is 13.8 Å². The van der Waals surface area contributed by atoms with Gasteiger partial charge >= 0.3 is 0 Å². The minimum absolute atomic E-state index is 1.33. The number of hydrogen-bond donors (Lipinski definition) is 0. The van der Waals surface area contributed by atoms with Crippen molar-refractivity contribution in [3.8, 4) is 0 Å². The molecule has 0 spiro atoms. The Morgan fingerprint density at radius 3 is 2.31 bits per heavy atom. The first kappa shape index (κ1) is 9.41. The van der Waals surface area contributed by atoms with Crippen molar-refractivity contribution >= 4 is 21.5 Å². The van der Waals surface area contributed by atoms with E-state index in [2.05, 4.69) is 62.4 Å². The predicted octanol–water partition coefficient (Wildman–Crippen LogP) is 4.61. The zero-order chi connectivity index (χ0) is 11.1. The lowest BCUT2D eigenvalue weighted by atomic mass is 9.95. The zero-order valence-electron chi connectivity index (χ0n) is 9.62. The molecule has 0 unspecified atom stereocenters. The van der Waals surface area contributed by atoms with Gasteiger partial charge in [0.25, 0.3) is 0 Å². The van der Waals surface area contributed by atoms with E-state index in [0.717, 1.165) is 0 Å². The third-order valence-electron chi connectivity index (χ3n) is 3.29. The Morgan fingerprint density at radius 2 is 1.44 bits per heavy atom. The first-order valence-electron chi connectivity index (χ1n) is 5.65. The fourth-order valence-electron chi connectivity index (χ4n) is 2.59. The topological polar surface area (TPSA) is 0 Å². The van der Waals surface area contributed by atoms with Gasteiger partial charge in [-0.3, -0.25) is 0 Å². The molecule has 0 radical (unpaired) electrons. The van der Waals surface area contributed by atoms with Gasteiger partial charge in [0.2, 0.25) is 0 Å². The van der Waals surface area contributed by atoms with Crippen LogP contribution in [0.1, 0.15) is 11.1 Å². The van der Waals surface area contributed by atoms with E-state index in [-0.39, 0.29) is 0 Å². The number of hydrogen-bond acceptors (Lipinski definition) is 0. The van der Waals surface area contributed by atoms with E-state index in [4.69, 9.17) is 0 Å². The third kappa shape index (κ3) is 1.23. The van der Waals surface area contributed by atoms with E-state index in [1.54, 1.807) is 0 Å². The van der Waals surface area contributed by atoms with E-state index in [1.165, 1.54) is 32.7 Å². The summed E-state index contributed by atoms with van der Waals surface area (Å²) in [6.07, 6.45) is 0. The average molecular weight is 206 g/mol. The number of fused-ring (bicyclic) bond motifs is 3. The van der Waals surface area contributed by atoms with Crippen LogP contribution < -0.4 is 0 Å². The molecule has 3 aromatic carbocycles. The van der Waals surface area contributed by atoms with Crippen molar-refractivity contribution in [1.82, 2.24) is 0 Å². The molecular formula is C16H14. The van der Waals surface area contributed by atoms with Gasteiger partial charge in [-0.2, -0.15) is 0 Å². The Hall–Kier alpha value is -1.82. The SMILES string of the molecule is Cc1cccc2c1c(C)cc1ccccc12. The summed E-state index contributed by atoms with van der Waals surface area (Å²) in [5, 5.41) is 5.46. The molecule has 0 aliphatic carbocycles. The van der Waals surface area contributed by atoms with Gasteiger partial charge in [0.1, 0.15) is 0 Å². The van der Waals surface area contributed by atoms with Gasteiger partial charge < -0.3 is 0 Å². The molecule has 0 heteroatoms. The van der Waals surface area contributed by atoms with Crippen LogP contribution in [0, 0.1) is 13.8 Å². The summed E-state index contributed by atoms with van der Waals surface area (Å²) >= 11 is 0. The largest absolute Gasteiger partial charge is 0.0616 e. The summed E-state index contributed by atoms with van der Waals surface area (Å²) < 4.78 is 0. The second kappa shape index (κ2) is 3.34. The minimum Gasteiger partial charge on any atom is -0.0616 e. The Kier molecular flexibility index (Phi) is 1.97. The van der Waals surface area contributed by atoms with E-state index >= 15 is 0 Å². The smallest absolute Gasteiger partial charge is 0.0100 e. The molecule has 0 aliphatic rings. The lowest BCUT2D eigenvalue weighted by molar-refractivity contribution is 1.48. The Balaban J connectivity index is 2.65. The highest BCUT2D eigenvalue weighted by molar-refractivity contribution is 6.09. The molecule has 0 atom stereocenters. The van der Waals surface area contributed by atoms with Crippen LogP contribution in [-0.4, -0.2) is 0 Å². The predicted molar refractivity (Wildman–Crippen MR) is 70.9 cm³/mol. The van der Waals surface area contributed by atoms with E-state index in [1.807, 2.05) is 0 Å². The average Bonchev–Trinajstić information content (AvgIpc) is 2.29. The van der Waals surface area contributed by atoms with Crippen molar-refractivity contribution in [1.29, 1.82) is 0 Å². The van der Waals surface area contributed by atoms with Crippen LogP contribution in [0.2, 0.25) is 0 Å². The Morgan fingerprint density at radius 1 is 0.688 bits per heavy atom. The lowest BCUT2D eigenvalue weighted by Crippen LogP contribution is -1.85. The summed E-state index contributed by atoms with van der Waals surface area (Å²) in [5.41, 5.74) is 2.73.